The molecule has 0 saturated heterocycles. The van der Waals surface area contributed by atoms with Gasteiger partial charge in [-0.1, -0.05) is 44.2 Å². The average molecular weight is 205 g/mol. The summed E-state index contributed by atoms with van der Waals surface area (Å²) in [6, 6.07) is 10.2. The van der Waals surface area contributed by atoms with Crippen LogP contribution in [0.5, 0.6) is 0 Å². The monoisotopic (exact) mass is 205 g/mol. The van der Waals surface area contributed by atoms with Gasteiger partial charge in [0.05, 0.1) is 0 Å². The molecular weight excluding hydrogens is 186 g/mol. The number of nitrogens with one attached hydrogen (secondary N) is 1. The number of nitrogens with two attached hydrogens (primary N) is 1. The Labute approximate surface area is 91.4 Å². The molecule has 0 aliphatic heterocycles. The lowest BCUT2D eigenvalue weighted by atomic mass is 10.0. The zero-order chi connectivity index (χ0) is 11.1. The number of amidine groups is 1. The number of benzene rings is 1. The van der Waals surface area contributed by atoms with E-state index in [-0.39, 0.29) is 5.92 Å². The highest BCUT2D eigenvalue weighted by molar-refractivity contribution is 5.88. The van der Waals surface area contributed by atoms with E-state index in [9.17, 15) is 0 Å². The zero-order valence-electron chi connectivity index (χ0n) is 9.40. The minimum absolute atomic E-state index is 0.225. The van der Waals surface area contributed by atoms with Gasteiger partial charge in [0.15, 0.2) is 0 Å². The third kappa shape index (κ3) is 3.36. The molecule has 0 radical (unpaired) electrons. The van der Waals surface area contributed by atoms with Crippen LogP contribution in [-0.4, -0.2) is 12.4 Å². The van der Waals surface area contributed by atoms with Gasteiger partial charge in [-0.15, -0.1) is 0 Å². The van der Waals surface area contributed by atoms with Gasteiger partial charge in [-0.3, -0.25) is 4.99 Å². The minimum Gasteiger partial charge on any atom is -0.312 e. The fourth-order valence-corrected chi connectivity index (χ4v) is 1.44. The summed E-state index contributed by atoms with van der Waals surface area (Å²) in [7, 11) is 0. The van der Waals surface area contributed by atoms with Crippen molar-refractivity contribution in [1.82, 2.24) is 5.43 Å². The summed E-state index contributed by atoms with van der Waals surface area (Å²) in [5, 5.41) is 0. The minimum atomic E-state index is 0.225. The summed E-state index contributed by atoms with van der Waals surface area (Å²) < 4.78 is 0. The number of rotatable bonds is 4. The molecule has 1 aromatic carbocycles. The molecule has 0 aliphatic carbocycles. The van der Waals surface area contributed by atoms with E-state index < -0.39 is 0 Å². The van der Waals surface area contributed by atoms with Crippen molar-refractivity contribution in [2.45, 2.75) is 26.2 Å². The second kappa shape index (κ2) is 6.19. The average Bonchev–Trinajstić information content (AvgIpc) is 2.31. The maximum absolute atomic E-state index is 5.47. The Morgan fingerprint density at radius 2 is 2.07 bits per heavy atom. The highest BCUT2D eigenvalue weighted by Crippen LogP contribution is 2.15. The van der Waals surface area contributed by atoms with E-state index >= 15 is 0 Å². The van der Waals surface area contributed by atoms with Crippen LogP contribution in [0.15, 0.2) is 35.3 Å². The molecule has 0 fully saturated rings. The molecule has 1 rings (SSSR count). The quantitative estimate of drug-likeness (QED) is 0.342. The van der Waals surface area contributed by atoms with Crippen molar-refractivity contribution in [3.63, 3.8) is 0 Å². The standard InChI is InChI=1S/C12H19N3/c1-3-9-14-12(15-13)10(2)11-7-5-4-6-8-11/h4-8,10H,3,9,13H2,1-2H3,(H,14,15). The lowest BCUT2D eigenvalue weighted by Gasteiger charge is -2.14. The highest BCUT2D eigenvalue weighted by atomic mass is 15.3. The van der Waals surface area contributed by atoms with Gasteiger partial charge in [-0.2, -0.15) is 0 Å². The molecule has 0 aliphatic rings. The van der Waals surface area contributed by atoms with E-state index in [0.717, 1.165) is 18.8 Å². The number of hydrogen-bond donors (Lipinski definition) is 2. The van der Waals surface area contributed by atoms with Crippen molar-refractivity contribution in [2.75, 3.05) is 6.54 Å². The Bertz CT molecular complexity index is 306. The van der Waals surface area contributed by atoms with Crippen LogP contribution in [0.2, 0.25) is 0 Å². The highest BCUT2D eigenvalue weighted by Gasteiger charge is 2.10. The second-order valence-electron chi connectivity index (χ2n) is 3.54. The van der Waals surface area contributed by atoms with E-state index in [0.29, 0.717) is 0 Å². The number of hydrazine groups is 1. The maximum atomic E-state index is 5.47. The lowest BCUT2D eigenvalue weighted by molar-refractivity contribution is 0.851. The first-order valence-corrected chi connectivity index (χ1v) is 5.35. The topological polar surface area (TPSA) is 50.4 Å². The molecule has 3 N–H and O–H groups in total. The van der Waals surface area contributed by atoms with Crippen molar-refractivity contribution < 1.29 is 0 Å². The first-order chi connectivity index (χ1) is 7.29. The van der Waals surface area contributed by atoms with E-state index in [2.05, 4.69) is 36.4 Å². The molecule has 3 heteroatoms. The van der Waals surface area contributed by atoms with Crippen LogP contribution < -0.4 is 11.3 Å². The maximum Gasteiger partial charge on any atom is 0.118 e. The van der Waals surface area contributed by atoms with Crippen molar-refractivity contribution >= 4 is 5.84 Å². The molecule has 1 aromatic rings. The van der Waals surface area contributed by atoms with Crippen molar-refractivity contribution in [3.05, 3.63) is 35.9 Å². The Hall–Kier alpha value is -1.35. The molecule has 3 nitrogen and oxygen atoms in total. The summed E-state index contributed by atoms with van der Waals surface area (Å²) in [5.41, 5.74) is 3.91. The molecule has 15 heavy (non-hydrogen) atoms. The number of nitrogens with zero attached hydrogens (tertiary/aromatic N) is 1. The Balaban J connectivity index is 2.77. The SMILES string of the molecule is CCCN=C(NN)C(C)c1ccccc1. The molecule has 0 saturated carbocycles. The summed E-state index contributed by atoms with van der Waals surface area (Å²) in [5.74, 6) is 6.55. The molecule has 1 atom stereocenters. The van der Waals surface area contributed by atoms with Gasteiger partial charge < -0.3 is 5.43 Å². The normalized spacial score (nSPS) is 13.7. The molecule has 0 amide bonds. The van der Waals surface area contributed by atoms with Gasteiger partial charge in [0, 0.05) is 12.5 Å². The smallest absolute Gasteiger partial charge is 0.118 e. The molecule has 1 unspecified atom stereocenters. The van der Waals surface area contributed by atoms with Crippen LogP contribution >= 0.6 is 0 Å². The van der Waals surface area contributed by atoms with Gasteiger partial charge in [-0.25, -0.2) is 5.84 Å². The van der Waals surface area contributed by atoms with E-state index in [1.165, 1.54) is 5.56 Å². The van der Waals surface area contributed by atoms with E-state index in [1.807, 2.05) is 18.2 Å². The fraction of sp³-hybridized carbons (Fsp3) is 0.417. The number of aliphatic imine (C=N–C) groups is 1. The second-order valence-corrected chi connectivity index (χ2v) is 3.54. The predicted octanol–water partition coefficient (Wildman–Crippen LogP) is 2.06. The Kier molecular flexibility index (Phi) is 4.84. The van der Waals surface area contributed by atoms with Gasteiger partial charge >= 0.3 is 0 Å². The first-order valence-electron chi connectivity index (χ1n) is 5.35. The Morgan fingerprint density at radius 3 is 2.60 bits per heavy atom. The zero-order valence-corrected chi connectivity index (χ0v) is 9.40. The fourth-order valence-electron chi connectivity index (χ4n) is 1.44. The predicted molar refractivity (Wildman–Crippen MR) is 64.8 cm³/mol. The molecule has 0 spiro atoms. The van der Waals surface area contributed by atoms with Crippen LogP contribution in [0.1, 0.15) is 31.7 Å². The third-order valence-corrected chi connectivity index (χ3v) is 2.36. The summed E-state index contributed by atoms with van der Waals surface area (Å²) in [4.78, 5) is 4.42. The van der Waals surface area contributed by atoms with E-state index in [4.69, 9.17) is 5.84 Å². The molecule has 0 aromatic heterocycles. The van der Waals surface area contributed by atoms with Crippen LogP contribution in [0, 0.1) is 0 Å². The molecule has 82 valence electrons. The largest absolute Gasteiger partial charge is 0.312 e. The van der Waals surface area contributed by atoms with E-state index in [1.54, 1.807) is 0 Å². The van der Waals surface area contributed by atoms with Crippen molar-refractivity contribution in [2.24, 2.45) is 10.8 Å². The van der Waals surface area contributed by atoms with Crippen LogP contribution in [0.3, 0.4) is 0 Å². The lowest BCUT2D eigenvalue weighted by Crippen LogP contribution is -2.34. The molecule has 0 heterocycles. The summed E-state index contributed by atoms with van der Waals surface area (Å²) >= 11 is 0. The first kappa shape index (κ1) is 11.7. The van der Waals surface area contributed by atoms with Crippen LogP contribution in [-0.2, 0) is 0 Å². The third-order valence-electron chi connectivity index (χ3n) is 2.36. The molecular formula is C12H19N3. The van der Waals surface area contributed by atoms with Crippen LogP contribution in [0.4, 0.5) is 0 Å². The van der Waals surface area contributed by atoms with Gasteiger partial charge in [0.25, 0.3) is 0 Å². The summed E-state index contributed by atoms with van der Waals surface area (Å²) in [6.07, 6.45) is 1.03. The summed E-state index contributed by atoms with van der Waals surface area (Å²) in [6.45, 7) is 5.02. The van der Waals surface area contributed by atoms with Crippen LogP contribution in [0.25, 0.3) is 0 Å². The van der Waals surface area contributed by atoms with Gasteiger partial charge in [0.1, 0.15) is 5.84 Å². The van der Waals surface area contributed by atoms with Gasteiger partial charge in [0.2, 0.25) is 0 Å². The van der Waals surface area contributed by atoms with Crippen molar-refractivity contribution in [3.8, 4) is 0 Å². The van der Waals surface area contributed by atoms with Crippen molar-refractivity contribution in [1.29, 1.82) is 0 Å². The number of hydrogen-bond acceptors (Lipinski definition) is 2. The Morgan fingerprint density at radius 1 is 1.40 bits per heavy atom. The molecule has 0 bridgehead atoms. The van der Waals surface area contributed by atoms with Gasteiger partial charge in [-0.05, 0) is 12.0 Å².